The van der Waals surface area contributed by atoms with E-state index in [1.54, 1.807) is 6.08 Å². The molecule has 49 heavy (non-hydrogen) atoms. The Labute approximate surface area is 306 Å². The Bertz CT molecular complexity index is 746. The number of carbonyl (C=O) groups is 1. The first-order valence-corrected chi connectivity index (χ1v) is 21.7. The van der Waals surface area contributed by atoms with Crippen molar-refractivity contribution in [2.45, 2.75) is 238 Å². The largest absolute Gasteiger partial charge is 0.394 e. The molecule has 2 atom stereocenters. The summed E-state index contributed by atoms with van der Waals surface area (Å²) >= 11 is 0. The molecule has 0 aliphatic carbocycles. The predicted octanol–water partition coefficient (Wildman–Crippen LogP) is 13.4. The summed E-state index contributed by atoms with van der Waals surface area (Å²) in [6, 6.07) is -0.641. The fourth-order valence-electron chi connectivity index (χ4n) is 6.48. The highest BCUT2D eigenvalue weighted by Gasteiger charge is 2.17. The molecule has 2 unspecified atom stereocenters. The van der Waals surface area contributed by atoms with Crippen molar-refractivity contribution in [2.24, 2.45) is 0 Å². The summed E-state index contributed by atoms with van der Waals surface area (Å²) in [6.07, 6.45) is 53.9. The van der Waals surface area contributed by atoms with Crippen LogP contribution in [-0.4, -0.2) is 34.9 Å². The maximum atomic E-state index is 12.4. The molecule has 0 aromatic carbocycles. The third-order valence-electron chi connectivity index (χ3n) is 9.85. The van der Waals surface area contributed by atoms with Gasteiger partial charge in [-0.2, -0.15) is 0 Å². The van der Waals surface area contributed by atoms with Gasteiger partial charge in [0.25, 0.3) is 0 Å². The molecule has 3 N–H and O–H groups in total. The monoisotopic (exact) mass is 688 g/mol. The predicted molar refractivity (Wildman–Crippen MR) is 216 cm³/mol. The molecule has 0 heterocycles. The lowest BCUT2D eigenvalue weighted by atomic mass is 10.0. The van der Waals surface area contributed by atoms with Crippen LogP contribution in [0.2, 0.25) is 0 Å². The first-order valence-electron chi connectivity index (χ1n) is 21.7. The number of nitrogens with one attached hydrogen (secondary N) is 1. The fraction of sp³-hybridized carbons (Fsp3) is 0.844. The molecule has 4 nitrogen and oxygen atoms in total. The number of hydrogen-bond acceptors (Lipinski definition) is 3. The maximum absolute atomic E-state index is 12.4. The normalized spacial score (nSPS) is 13.3. The summed E-state index contributed by atoms with van der Waals surface area (Å²) in [4.78, 5) is 12.4. The van der Waals surface area contributed by atoms with Gasteiger partial charge in [-0.15, -0.1) is 0 Å². The third-order valence-corrected chi connectivity index (χ3v) is 9.85. The summed E-state index contributed by atoms with van der Waals surface area (Å²) in [7, 11) is 0. The molecule has 0 fully saturated rings. The van der Waals surface area contributed by atoms with Gasteiger partial charge in [-0.3, -0.25) is 4.79 Å². The number of rotatable bonds is 39. The van der Waals surface area contributed by atoms with Crippen LogP contribution in [0.25, 0.3) is 0 Å². The second-order valence-electron chi connectivity index (χ2n) is 14.8. The molecular formula is C45H85NO3. The van der Waals surface area contributed by atoms with Gasteiger partial charge in [0, 0.05) is 6.42 Å². The van der Waals surface area contributed by atoms with Gasteiger partial charge in [0.15, 0.2) is 0 Å². The molecule has 0 aromatic rings. The molecule has 0 spiro atoms. The molecular weight excluding hydrogens is 602 g/mol. The topological polar surface area (TPSA) is 69.6 Å². The Kier molecular flexibility index (Phi) is 39.9. The third kappa shape index (κ3) is 37.7. The molecule has 0 saturated heterocycles. The molecule has 0 radical (unpaired) electrons. The minimum atomic E-state index is -0.864. The van der Waals surface area contributed by atoms with Gasteiger partial charge in [0.2, 0.25) is 5.91 Å². The molecule has 288 valence electrons. The Hall–Kier alpha value is -1.39. The van der Waals surface area contributed by atoms with Crippen molar-refractivity contribution in [3.63, 3.8) is 0 Å². The van der Waals surface area contributed by atoms with Crippen LogP contribution in [0, 0.1) is 0 Å². The van der Waals surface area contributed by atoms with E-state index in [-0.39, 0.29) is 12.5 Å². The van der Waals surface area contributed by atoms with Gasteiger partial charge < -0.3 is 15.5 Å². The summed E-state index contributed by atoms with van der Waals surface area (Å²) in [5, 5.41) is 23.0. The zero-order valence-corrected chi connectivity index (χ0v) is 33.0. The van der Waals surface area contributed by atoms with E-state index in [4.69, 9.17) is 0 Å². The second kappa shape index (κ2) is 41.0. The Balaban J connectivity index is 3.62. The van der Waals surface area contributed by atoms with E-state index in [0.29, 0.717) is 6.42 Å². The van der Waals surface area contributed by atoms with Crippen LogP contribution in [-0.2, 0) is 4.79 Å². The number of aliphatic hydroxyl groups excluding tert-OH is 2. The van der Waals surface area contributed by atoms with E-state index in [1.807, 2.05) is 6.08 Å². The summed E-state index contributed by atoms with van der Waals surface area (Å²) < 4.78 is 0. The van der Waals surface area contributed by atoms with Crippen LogP contribution in [0.15, 0.2) is 36.5 Å². The van der Waals surface area contributed by atoms with Crippen LogP contribution >= 0.6 is 0 Å². The average molecular weight is 688 g/mol. The summed E-state index contributed by atoms with van der Waals surface area (Å²) in [6.45, 7) is 4.30. The van der Waals surface area contributed by atoms with Crippen molar-refractivity contribution in [2.75, 3.05) is 6.61 Å². The first kappa shape index (κ1) is 47.6. The van der Waals surface area contributed by atoms with E-state index >= 15 is 0 Å². The second-order valence-corrected chi connectivity index (χ2v) is 14.8. The zero-order valence-electron chi connectivity index (χ0n) is 33.0. The lowest BCUT2D eigenvalue weighted by Crippen LogP contribution is -2.45. The molecule has 1 amide bonds. The van der Waals surface area contributed by atoms with Gasteiger partial charge in [-0.05, 0) is 57.8 Å². The molecule has 0 aliphatic rings. The Morgan fingerprint density at radius 1 is 0.469 bits per heavy atom. The maximum Gasteiger partial charge on any atom is 0.220 e. The smallest absolute Gasteiger partial charge is 0.220 e. The number of aliphatic hydroxyl groups is 2. The average Bonchev–Trinajstić information content (AvgIpc) is 3.10. The van der Waals surface area contributed by atoms with Gasteiger partial charge in [-0.25, -0.2) is 0 Å². The van der Waals surface area contributed by atoms with E-state index in [1.165, 1.54) is 161 Å². The van der Waals surface area contributed by atoms with Crippen LogP contribution < -0.4 is 5.32 Å². The van der Waals surface area contributed by atoms with Crippen molar-refractivity contribution in [3.8, 4) is 0 Å². The van der Waals surface area contributed by atoms with E-state index in [9.17, 15) is 15.0 Å². The van der Waals surface area contributed by atoms with E-state index in [0.717, 1.165) is 44.9 Å². The number of amides is 1. The van der Waals surface area contributed by atoms with Crippen molar-refractivity contribution in [1.29, 1.82) is 0 Å². The molecule has 0 rings (SSSR count). The minimum absolute atomic E-state index is 0.0819. The molecule has 0 saturated carbocycles. The van der Waals surface area contributed by atoms with Gasteiger partial charge in [-0.1, -0.05) is 198 Å². The van der Waals surface area contributed by atoms with Crippen molar-refractivity contribution in [1.82, 2.24) is 5.32 Å². The lowest BCUT2D eigenvalue weighted by Gasteiger charge is -2.19. The molecule has 0 aliphatic heterocycles. The van der Waals surface area contributed by atoms with E-state index in [2.05, 4.69) is 43.5 Å². The highest BCUT2D eigenvalue weighted by atomic mass is 16.3. The van der Waals surface area contributed by atoms with Crippen molar-refractivity contribution >= 4 is 5.91 Å². The van der Waals surface area contributed by atoms with Crippen LogP contribution in [0.1, 0.15) is 226 Å². The van der Waals surface area contributed by atoms with E-state index < -0.39 is 12.1 Å². The molecule has 0 aromatic heterocycles. The van der Waals surface area contributed by atoms with Crippen molar-refractivity contribution in [3.05, 3.63) is 36.5 Å². The first-order chi connectivity index (χ1) is 24.2. The number of hydrogen-bond donors (Lipinski definition) is 3. The van der Waals surface area contributed by atoms with Crippen LogP contribution in [0.5, 0.6) is 0 Å². The van der Waals surface area contributed by atoms with Gasteiger partial charge in [0.1, 0.15) is 0 Å². The molecule has 0 bridgehead atoms. The number of unbranched alkanes of at least 4 members (excludes halogenated alkanes) is 28. The standard InChI is InChI=1S/C45H85NO3/c1-3-5-7-9-11-13-15-17-19-21-22-23-24-25-26-28-30-32-34-36-38-40-44(48)43(42-47)46-45(49)41-39-37-35-33-31-29-27-20-18-16-14-12-10-8-6-4-2/h20,27,30,32,38,40,43-44,47-48H,3-19,21-26,28-29,31,33-37,39,41-42H2,1-2H3,(H,46,49)/b27-20-,32-30+,40-38+. The number of allylic oxidation sites excluding steroid dienone is 5. The Morgan fingerprint density at radius 2 is 0.796 bits per heavy atom. The van der Waals surface area contributed by atoms with Crippen molar-refractivity contribution < 1.29 is 15.0 Å². The Morgan fingerprint density at radius 3 is 1.18 bits per heavy atom. The van der Waals surface area contributed by atoms with Crippen LogP contribution in [0.4, 0.5) is 0 Å². The summed E-state index contributed by atoms with van der Waals surface area (Å²) in [5.41, 5.74) is 0. The lowest BCUT2D eigenvalue weighted by molar-refractivity contribution is -0.123. The van der Waals surface area contributed by atoms with Gasteiger partial charge >= 0.3 is 0 Å². The minimum Gasteiger partial charge on any atom is -0.394 e. The zero-order chi connectivity index (χ0) is 35.7. The highest BCUT2D eigenvalue weighted by molar-refractivity contribution is 5.76. The van der Waals surface area contributed by atoms with Crippen LogP contribution in [0.3, 0.4) is 0 Å². The SMILES string of the molecule is CCCCCCCCC/C=C\CCCCCCCC(=O)NC(CO)C(O)/C=C/CC/C=C/CCCCCCCCCCCCCCCCC. The highest BCUT2D eigenvalue weighted by Crippen LogP contribution is 2.14. The molecule has 4 heteroatoms. The number of carbonyl (C=O) groups excluding carboxylic acids is 1. The van der Waals surface area contributed by atoms with Gasteiger partial charge in [0.05, 0.1) is 18.8 Å². The fourth-order valence-corrected chi connectivity index (χ4v) is 6.48. The quantitative estimate of drug-likeness (QED) is 0.0445. The summed E-state index contributed by atoms with van der Waals surface area (Å²) in [5.74, 6) is -0.0819.